The Bertz CT molecular complexity index is 45.7. The first-order valence-electron chi connectivity index (χ1n) is 1.85. The van der Waals surface area contributed by atoms with Gasteiger partial charge < -0.3 is 16.5 Å². The van der Waals surface area contributed by atoms with E-state index in [1.165, 1.54) is 13.2 Å². The molecule has 0 aromatic rings. The molecular formula is C5H8O2Y+. The summed E-state index contributed by atoms with van der Waals surface area (Å²) in [5, 5.41) is 0. The van der Waals surface area contributed by atoms with Crippen LogP contribution in [-0.4, -0.2) is 12.6 Å². The monoisotopic (exact) mass is 189 g/mol. The van der Waals surface area contributed by atoms with Crippen LogP contribution in [0.5, 0.6) is 0 Å². The molecular weight excluding hydrogens is 181 g/mol. The Labute approximate surface area is 74.9 Å². The zero-order valence-corrected chi connectivity index (χ0v) is 7.72. The smallest absolute Gasteiger partial charge is 0.542 e. The number of hydrogen-bond donors (Lipinski definition) is 0. The molecule has 0 radical (unpaired) electrons. The van der Waals surface area contributed by atoms with Gasteiger partial charge in [-0.25, -0.2) is 0 Å². The van der Waals surface area contributed by atoms with Crippen molar-refractivity contribution in [3.63, 3.8) is 0 Å². The fourth-order valence-corrected chi connectivity index (χ4v) is 0. The minimum absolute atomic E-state index is 0. The molecule has 0 saturated heterocycles. The molecule has 0 aliphatic heterocycles. The van der Waals surface area contributed by atoms with E-state index in [9.17, 15) is 0 Å². The van der Waals surface area contributed by atoms with Crippen molar-refractivity contribution in [1.82, 2.24) is 0 Å². The van der Waals surface area contributed by atoms with Crippen molar-refractivity contribution in [3.8, 4) is 0 Å². The predicted molar refractivity (Wildman–Crippen MR) is 27.4 cm³/mol. The standard InChI is InChI=1S/C3H5O.C2H3O.Y/c1-2-3-4;1-2-3;/h3H,1-2H2;1H3;/q2*-1;+3. The van der Waals surface area contributed by atoms with Gasteiger partial charge in [0.25, 0.3) is 0 Å². The molecule has 42 valence electrons. The molecule has 0 spiro atoms. The maximum absolute atomic E-state index is 9.11. The van der Waals surface area contributed by atoms with Gasteiger partial charge in [-0.15, -0.1) is 6.42 Å². The fraction of sp³-hybridized carbons (Fsp3) is 0.400. The fourth-order valence-electron chi connectivity index (χ4n) is 0. The van der Waals surface area contributed by atoms with Crippen molar-refractivity contribution < 1.29 is 42.3 Å². The maximum atomic E-state index is 9.11. The van der Waals surface area contributed by atoms with Gasteiger partial charge in [-0.1, -0.05) is 0 Å². The van der Waals surface area contributed by atoms with E-state index in [0.717, 1.165) is 6.29 Å². The third-order valence-corrected chi connectivity index (χ3v) is 0.118. The summed E-state index contributed by atoms with van der Waals surface area (Å²) in [4.78, 5) is 17.8. The molecule has 3 heteroatoms. The normalized spacial score (nSPS) is 4.75. The topological polar surface area (TPSA) is 34.1 Å². The molecule has 0 aromatic heterocycles. The van der Waals surface area contributed by atoms with Gasteiger partial charge in [-0.05, 0) is 0 Å². The molecule has 0 unspecified atom stereocenters. The quantitative estimate of drug-likeness (QED) is 0.445. The molecule has 0 bridgehead atoms. The van der Waals surface area contributed by atoms with Gasteiger partial charge in [-0.2, -0.15) is 6.92 Å². The van der Waals surface area contributed by atoms with Gasteiger partial charge in [0.2, 0.25) is 0 Å². The van der Waals surface area contributed by atoms with Gasteiger partial charge in [0, 0.05) is 0 Å². The van der Waals surface area contributed by atoms with Crippen LogP contribution in [0.1, 0.15) is 13.3 Å². The van der Waals surface area contributed by atoms with Crippen LogP contribution < -0.4 is 0 Å². The van der Waals surface area contributed by atoms with E-state index in [1.54, 1.807) is 0 Å². The van der Waals surface area contributed by atoms with Crippen molar-refractivity contribution in [1.29, 1.82) is 0 Å². The summed E-state index contributed by atoms with van der Waals surface area (Å²) in [5.74, 6) is 0. The predicted octanol–water partition coefficient (Wildman–Crippen LogP) is 0.523. The molecule has 0 aliphatic rings. The second-order valence-corrected chi connectivity index (χ2v) is 0.659. The van der Waals surface area contributed by atoms with Gasteiger partial charge in [0.05, 0.1) is 6.29 Å². The van der Waals surface area contributed by atoms with Gasteiger partial charge in [-0.3, -0.25) is 6.29 Å². The van der Waals surface area contributed by atoms with E-state index in [-0.39, 0.29) is 32.7 Å². The van der Waals surface area contributed by atoms with Crippen LogP contribution in [0.4, 0.5) is 0 Å². The number of carbonyl (C=O) groups is 1. The molecule has 0 rings (SSSR count). The average molecular weight is 189 g/mol. The van der Waals surface area contributed by atoms with Crippen LogP contribution in [0.2, 0.25) is 0 Å². The third kappa shape index (κ3) is 91.6. The van der Waals surface area contributed by atoms with Crippen molar-refractivity contribution in [2.24, 2.45) is 0 Å². The molecule has 8 heavy (non-hydrogen) atoms. The first kappa shape index (κ1) is 15.8. The molecule has 0 atom stereocenters. The third-order valence-electron chi connectivity index (χ3n) is 0.118. The largest absolute Gasteiger partial charge is 3.00 e. The number of hydrogen-bond acceptors (Lipinski definition) is 2. The van der Waals surface area contributed by atoms with Crippen LogP contribution in [0, 0.1) is 6.92 Å². The average Bonchev–Trinajstić information content (AvgIpc) is 1.69. The Hall–Kier alpha value is 0.444. The number of carbonyl (C=O) groups excluding carboxylic acids is 2. The first-order chi connectivity index (χ1) is 3.33. The van der Waals surface area contributed by atoms with Crippen molar-refractivity contribution >= 4 is 12.6 Å². The summed E-state index contributed by atoms with van der Waals surface area (Å²) in [6.07, 6.45) is 2.65. The summed E-state index contributed by atoms with van der Waals surface area (Å²) in [5.41, 5.74) is 0. The minimum atomic E-state index is 0. The van der Waals surface area contributed by atoms with Crippen LogP contribution in [0.15, 0.2) is 0 Å². The summed E-state index contributed by atoms with van der Waals surface area (Å²) < 4.78 is 0. The van der Waals surface area contributed by atoms with E-state index in [1.807, 2.05) is 0 Å². The molecule has 0 fully saturated rings. The second kappa shape index (κ2) is 26.1. The Kier molecular flexibility index (Phi) is 51.4. The SMILES string of the molecule is C[C-]=O.[CH2-]CC=O.[Y+3]. The van der Waals surface area contributed by atoms with Gasteiger partial charge in [0.1, 0.15) is 0 Å². The van der Waals surface area contributed by atoms with Crippen molar-refractivity contribution in [2.75, 3.05) is 0 Å². The Morgan fingerprint density at radius 3 is 1.88 bits per heavy atom. The molecule has 0 heterocycles. The van der Waals surface area contributed by atoms with Crippen LogP contribution >= 0.6 is 0 Å². The molecule has 0 saturated carbocycles. The van der Waals surface area contributed by atoms with Gasteiger partial charge in [0.15, 0.2) is 0 Å². The molecule has 0 aliphatic carbocycles. The summed E-state index contributed by atoms with van der Waals surface area (Å²) in [6, 6.07) is 0. The maximum Gasteiger partial charge on any atom is 3.00 e. The molecule has 0 aromatic carbocycles. The summed E-state index contributed by atoms with van der Waals surface area (Å²) in [7, 11) is 0. The van der Waals surface area contributed by atoms with E-state index in [4.69, 9.17) is 9.59 Å². The zero-order valence-electron chi connectivity index (χ0n) is 4.89. The van der Waals surface area contributed by atoms with Gasteiger partial charge >= 0.3 is 32.7 Å². The molecule has 2 nitrogen and oxygen atoms in total. The van der Waals surface area contributed by atoms with E-state index in [0.29, 0.717) is 6.42 Å². The van der Waals surface area contributed by atoms with Crippen LogP contribution in [0.25, 0.3) is 0 Å². The molecule has 0 N–H and O–H groups in total. The first-order valence-corrected chi connectivity index (χ1v) is 1.85. The summed E-state index contributed by atoms with van der Waals surface area (Å²) in [6.45, 7) is 4.56. The molecule has 0 amide bonds. The zero-order chi connectivity index (χ0) is 6.12. The van der Waals surface area contributed by atoms with Crippen LogP contribution in [-0.2, 0) is 42.3 Å². The number of rotatable bonds is 1. The summed E-state index contributed by atoms with van der Waals surface area (Å²) >= 11 is 0. The van der Waals surface area contributed by atoms with Crippen LogP contribution in [0.3, 0.4) is 0 Å². The van der Waals surface area contributed by atoms with E-state index in [2.05, 4.69) is 6.92 Å². The van der Waals surface area contributed by atoms with Crippen molar-refractivity contribution in [2.45, 2.75) is 13.3 Å². The Morgan fingerprint density at radius 1 is 1.75 bits per heavy atom. The Balaban J connectivity index is -0.0000000575. The van der Waals surface area contributed by atoms with E-state index >= 15 is 0 Å². The van der Waals surface area contributed by atoms with Crippen molar-refractivity contribution in [3.05, 3.63) is 6.92 Å². The number of aldehydes is 1. The van der Waals surface area contributed by atoms with E-state index < -0.39 is 0 Å². The second-order valence-electron chi connectivity index (χ2n) is 0.659. The Morgan fingerprint density at radius 2 is 1.88 bits per heavy atom. The minimum Gasteiger partial charge on any atom is -0.542 e.